The molecule has 0 aromatic rings. The van der Waals surface area contributed by atoms with E-state index in [0.717, 1.165) is 5.92 Å². The summed E-state index contributed by atoms with van der Waals surface area (Å²) in [6, 6.07) is 0.609. The molecule has 3 atom stereocenters. The topological polar surface area (TPSA) is 41.5 Å². The van der Waals surface area contributed by atoms with Crippen molar-refractivity contribution in [2.75, 3.05) is 13.2 Å². The zero-order valence-corrected chi connectivity index (χ0v) is 13.2. The molecule has 0 aromatic carbocycles. The van der Waals surface area contributed by atoms with E-state index in [1.165, 1.54) is 64.2 Å². The highest BCUT2D eigenvalue weighted by Crippen LogP contribution is 2.26. The molecule has 20 heavy (non-hydrogen) atoms. The van der Waals surface area contributed by atoms with Crippen LogP contribution < -0.4 is 5.32 Å². The SMILES string of the molecule is CCC1CCCC(NCC(O)COC2CCCCC2)C1. The number of rotatable bonds is 7. The third-order valence-electron chi connectivity index (χ3n) is 5.08. The Balaban J connectivity index is 1.56. The number of hydrogen-bond donors (Lipinski definition) is 2. The summed E-state index contributed by atoms with van der Waals surface area (Å²) in [6.45, 7) is 3.48. The lowest BCUT2D eigenvalue weighted by Crippen LogP contribution is -2.40. The van der Waals surface area contributed by atoms with Gasteiger partial charge in [-0.2, -0.15) is 0 Å². The lowest BCUT2D eigenvalue weighted by atomic mass is 9.84. The van der Waals surface area contributed by atoms with E-state index in [2.05, 4.69) is 12.2 Å². The van der Waals surface area contributed by atoms with Crippen molar-refractivity contribution in [3.63, 3.8) is 0 Å². The minimum atomic E-state index is -0.348. The Bertz CT molecular complexity index is 253. The Labute approximate surface area is 124 Å². The van der Waals surface area contributed by atoms with Crippen LogP contribution in [0.15, 0.2) is 0 Å². The smallest absolute Gasteiger partial charge is 0.0897 e. The van der Waals surface area contributed by atoms with Crippen molar-refractivity contribution in [2.45, 2.75) is 89.4 Å². The summed E-state index contributed by atoms with van der Waals surface area (Å²) in [5.41, 5.74) is 0. The minimum Gasteiger partial charge on any atom is -0.389 e. The second kappa shape index (κ2) is 9.01. The molecule has 0 spiro atoms. The Kier molecular flexibility index (Phi) is 7.32. The number of aliphatic hydroxyl groups is 1. The predicted molar refractivity (Wildman–Crippen MR) is 82.9 cm³/mol. The van der Waals surface area contributed by atoms with Crippen LogP contribution in [0, 0.1) is 5.92 Å². The van der Waals surface area contributed by atoms with Gasteiger partial charge in [0, 0.05) is 12.6 Å². The normalized spacial score (nSPS) is 30.3. The number of nitrogens with one attached hydrogen (secondary N) is 1. The van der Waals surface area contributed by atoms with Crippen LogP contribution >= 0.6 is 0 Å². The molecular weight excluding hydrogens is 250 g/mol. The maximum Gasteiger partial charge on any atom is 0.0897 e. The number of ether oxygens (including phenoxy) is 1. The Hall–Kier alpha value is -0.120. The van der Waals surface area contributed by atoms with Crippen molar-refractivity contribution >= 4 is 0 Å². The van der Waals surface area contributed by atoms with Gasteiger partial charge in [0.05, 0.1) is 18.8 Å². The molecule has 2 aliphatic rings. The summed E-state index contributed by atoms with van der Waals surface area (Å²) < 4.78 is 5.84. The number of aliphatic hydroxyl groups excluding tert-OH is 1. The third kappa shape index (κ3) is 5.71. The van der Waals surface area contributed by atoms with Crippen molar-refractivity contribution in [2.24, 2.45) is 5.92 Å². The van der Waals surface area contributed by atoms with Crippen molar-refractivity contribution in [3.05, 3.63) is 0 Å². The molecule has 0 aromatic heterocycles. The summed E-state index contributed by atoms with van der Waals surface area (Å²) in [5.74, 6) is 0.886. The highest BCUT2D eigenvalue weighted by Gasteiger charge is 2.21. The fourth-order valence-corrected chi connectivity index (χ4v) is 3.69. The largest absolute Gasteiger partial charge is 0.389 e. The van der Waals surface area contributed by atoms with Crippen molar-refractivity contribution in [1.82, 2.24) is 5.32 Å². The van der Waals surface area contributed by atoms with Gasteiger partial charge < -0.3 is 15.2 Å². The predicted octanol–water partition coefficient (Wildman–Crippen LogP) is 3.26. The van der Waals surface area contributed by atoms with Gasteiger partial charge in [0.2, 0.25) is 0 Å². The molecule has 3 nitrogen and oxygen atoms in total. The van der Waals surface area contributed by atoms with Gasteiger partial charge in [-0.05, 0) is 31.6 Å². The first kappa shape index (κ1) is 16.3. The summed E-state index contributed by atoms with van der Waals surface area (Å²) in [4.78, 5) is 0. The van der Waals surface area contributed by atoms with E-state index in [1.807, 2.05) is 0 Å². The maximum atomic E-state index is 10.0. The lowest BCUT2D eigenvalue weighted by molar-refractivity contribution is -0.0240. The maximum absolute atomic E-state index is 10.0. The van der Waals surface area contributed by atoms with E-state index in [4.69, 9.17) is 4.74 Å². The van der Waals surface area contributed by atoms with Crippen LogP contribution in [0.4, 0.5) is 0 Å². The average molecular weight is 283 g/mol. The van der Waals surface area contributed by atoms with Gasteiger partial charge in [0.1, 0.15) is 0 Å². The van der Waals surface area contributed by atoms with Gasteiger partial charge in [-0.25, -0.2) is 0 Å². The van der Waals surface area contributed by atoms with Crippen LogP contribution in [-0.4, -0.2) is 36.5 Å². The summed E-state index contributed by atoms with van der Waals surface area (Å²) >= 11 is 0. The highest BCUT2D eigenvalue weighted by molar-refractivity contribution is 4.78. The van der Waals surface area contributed by atoms with Gasteiger partial charge in [-0.3, -0.25) is 0 Å². The van der Waals surface area contributed by atoms with Crippen LogP contribution in [0.5, 0.6) is 0 Å². The van der Waals surface area contributed by atoms with Crippen LogP contribution in [0.1, 0.15) is 71.1 Å². The first-order valence-corrected chi connectivity index (χ1v) is 8.81. The molecule has 0 saturated heterocycles. The molecular formula is C17H33NO2. The molecule has 0 aliphatic heterocycles. The fourth-order valence-electron chi connectivity index (χ4n) is 3.69. The molecule has 118 valence electrons. The third-order valence-corrected chi connectivity index (χ3v) is 5.08. The van der Waals surface area contributed by atoms with Crippen LogP contribution in [0.25, 0.3) is 0 Å². The highest BCUT2D eigenvalue weighted by atomic mass is 16.5. The van der Waals surface area contributed by atoms with E-state index >= 15 is 0 Å². The van der Waals surface area contributed by atoms with Crippen molar-refractivity contribution in [1.29, 1.82) is 0 Å². The van der Waals surface area contributed by atoms with Gasteiger partial charge in [-0.1, -0.05) is 45.4 Å². The Morgan fingerprint density at radius 1 is 1.10 bits per heavy atom. The molecule has 2 aliphatic carbocycles. The molecule has 2 fully saturated rings. The summed E-state index contributed by atoms with van der Waals surface area (Å²) in [7, 11) is 0. The quantitative estimate of drug-likeness (QED) is 0.753. The second-order valence-electron chi connectivity index (χ2n) is 6.79. The van der Waals surface area contributed by atoms with Crippen LogP contribution in [0.2, 0.25) is 0 Å². The van der Waals surface area contributed by atoms with Crippen LogP contribution in [0.3, 0.4) is 0 Å². The second-order valence-corrected chi connectivity index (χ2v) is 6.79. The Morgan fingerprint density at radius 2 is 1.90 bits per heavy atom. The molecule has 2 rings (SSSR count). The molecule has 0 amide bonds. The van der Waals surface area contributed by atoms with E-state index in [0.29, 0.717) is 25.3 Å². The van der Waals surface area contributed by atoms with Crippen LogP contribution in [-0.2, 0) is 4.74 Å². The van der Waals surface area contributed by atoms with E-state index < -0.39 is 0 Å². The van der Waals surface area contributed by atoms with Gasteiger partial charge in [-0.15, -0.1) is 0 Å². The zero-order valence-electron chi connectivity index (χ0n) is 13.2. The van der Waals surface area contributed by atoms with E-state index in [1.54, 1.807) is 0 Å². The van der Waals surface area contributed by atoms with E-state index in [9.17, 15) is 5.11 Å². The molecule has 2 saturated carbocycles. The first-order chi connectivity index (χ1) is 9.78. The lowest BCUT2D eigenvalue weighted by Gasteiger charge is -2.30. The standard InChI is InChI=1S/C17H33NO2/c1-2-14-7-6-8-15(11-14)18-12-16(19)13-20-17-9-4-3-5-10-17/h14-19H,2-13H2,1H3. The first-order valence-electron chi connectivity index (χ1n) is 8.81. The van der Waals surface area contributed by atoms with Crippen molar-refractivity contribution < 1.29 is 9.84 Å². The monoisotopic (exact) mass is 283 g/mol. The van der Waals surface area contributed by atoms with Gasteiger partial charge in [0.25, 0.3) is 0 Å². The molecule has 0 bridgehead atoms. The minimum absolute atomic E-state index is 0.348. The Morgan fingerprint density at radius 3 is 2.65 bits per heavy atom. The number of hydrogen-bond acceptors (Lipinski definition) is 3. The molecule has 3 heteroatoms. The summed E-state index contributed by atoms with van der Waals surface area (Å²) in [5, 5.41) is 13.6. The molecule has 3 unspecified atom stereocenters. The summed E-state index contributed by atoms with van der Waals surface area (Å²) in [6.07, 6.45) is 12.9. The molecule has 0 radical (unpaired) electrons. The van der Waals surface area contributed by atoms with Gasteiger partial charge >= 0.3 is 0 Å². The molecule has 2 N–H and O–H groups in total. The zero-order chi connectivity index (χ0) is 14.2. The fraction of sp³-hybridized carbons (Fsp3) is 1.00. The van der Waals surface area contributed by atoms with Crippen molar-refractivity contribution in [3.8, 4) is 0 Å². The van der Waals surface area contributed by atoms with Gasteiger partial charge in [0.15, 0.2) is 0 Å². The van der Waals surface area contributed by atoms with E-state index in [-0.39, 0.29) is 6.10 Å². The average Bonchev–Trinajstić information content (AvgIpc) is 2.52. The molecule has 0 heterocycles.